The number of nitrogens with two attached hydrogens (primary N) is 1. The quantitative estimate of drug-likeness (QED) is 0.107. The van der Waals surface area contributed by atoms with E-state index in [2.05, 4.69) is 31.4 Å². The Morgan fingerprint density at radius 3 is 2.35 bits per heavy atom. The molecule has 71 heavy (non-hydrogen) atoms. The smallest absolute Gasteiger partial charge is 0.249 e. The summed E-state index contributed by atoms with van der Waals surface area (Å²) in [6.07, 6.45) is 5.85. The highest BCUT2D eigenvalue weighted by atomic mass is 35.5. The van der Waals surface area contributed by atoms with Gasteiger partial charge in [0.05, 0.1) is 40.5 Å². The Balaban J connectivity index is 0.736. The molecule has 5 heterocycles. The van der Waals surface area contributed by atoms with Gasteiger partial charge in [0.1, 0.15) is 11.6 Å². The molecule has 1 aromatic heterocycles. The lowest BCUT2D eigenvalue weighted by Gasteiger charge is -2.41. The molecule has 5 aromatic rings. The molecule has 4 N–H and O–H groups in total. The molecule has 4 aliphatic heterocycles. The van der Waals surface area contributed by atoms with Crippen molar-refractivity contribution in [2.45, 2.75) is 81.8 Å². The maximum absolute atomic E-state index is 16.2. The van der Waals surface area contributed by atoms with Crippen LogP contribution in [0.2, 0.25) is 5.02 Å². The van der Waals surface area contributed by atoms with Crippen LogP contribution in [0.1, 0.15) is 97.3 Å². The van der Waals surface area contributed by atoms with Crippen molar-refractivity contribution in [1.29, 1.82) is 0 Å². The van der Waals surface area contributed by atoms with Crippen LogP contribution in [0.25, 0.3) is 22.0 Å². The Hall–Kier alpha value is -6.10. The van der Waals surface area contributed by atoms with Crippen LogP contribution in [0.4, 0.5) is 14.5 Å². The number of primary amides is 1. The molecule has 4 amide bonds. The number of imide groups is 1. The second-order valence-electron chi connectivity index (χ2n) is 20.1. The third-order valence-corrected chi connectivity index (χ3v) is 16.4. The van der Waals surface area contributed by atoms with E-state index in [0.29, 0.717) is 30.9 Å². The van der Waals surface area contributed by atoms with E-state index in [1.54, 1.807) is 0 Å². The van der Waals surface area contributed by atoms with E-state index in [4.69, 9.17) is 31.9 Å². The molecule has 0 radical (unpaired) electrons. The standard InChI is InChI=1S/C54H61ClF2N8O6/c1-31-44-42(28-39(56)47(55)46(44)45-36(51(58)67)16-18-41(70-3)48(45)57)71-54(31,34-8-5-4-6-9-34)30-59-35-14-12-33(13-15-35)53(69)65-22-20-32(21-23-65)29-63-24-26-64(27-25-63)40-11-7-10-37-49(61-62(2)50(37)40)38-17-19-43(66)60-52(38)68/h4-11,16,18,28,31-33,35,38,59H,12-15,17,19-27,29-30H2,1-3H3,(H2,58,67)(H,60,66,68). The molecule has 10 rings (SSSR count). The van der Waals surface area contributed by atoms with E-state index in [1.165, 1.54) is 25.3 Å². The average molecular weight is 992 g/mol. The fourth-order valence-electron chi connectivity index (χ4n) is 12.2. The van der Waals surface area contributed by atoms with Gasteiger partial charge >= 0.3 is 0 Å². The zero-order valence-electron chi connectivity index (χ0n) is 40.4. The van der Waals surface area contributed by atoms with Crippen LogP contribution in [0, 0.1) is 23.5 Å². The topological polar surface area (TPSA) is 164 Å². The normalized spacial score (nSPS) is 24.2. The summed E-state index contributed by atoms with van der Waals surface area (Å²) in [6.45, 7) is 8.43. The Bertz CT molecular complexity index is 2880. The number of methoxy groups -OCH3 is 1. The number of nitrogens with zero attached hydrogens (tertiary/aromatic N) is 5. The maximum atomic E-state index is 16.2. The molecule has 0 bridgehead atoms. The number of para-hydroxylation sites is 1. The number of rotatable bonds is 12. The molecule has 14 nitrogen and oxygen atoms in total. The molecule has 374 valence electrons. The summed E-state index contributed by atoms with van der Waals surface area (Å²) in [5, 5.41) is 11.6. The molecule has 5 aliphatic rings. The first-order valence-corrected chi connectivity index (χ1v) is 25.4. The number of piperidine rings is 2. The summed E-state index contributed by atoms with van der Waals surface area (Å²) < 4.78 is 46.0. The number of amides is 4. The first-order valence-electron chi connectivity index (χ1n) is 25.0. The van der Waals surface area contributed by atoms with Gasteiger partial charge in [0.25, 0.3) is 0 Å². The number of anilines is 1. The number of carbonyl (C=O) groups is 4. The second-order valence-corrected chi connectivity index (χ2v) is 20.5. The molecule has 1 aliphatic carbocycles. The SMILES string of the molecule is COc1ccc(C(N)=O)c(-c2c(Cl)c(F)cc3c2C(C)C(CNC2CCC(C(=O)N4CCC(CN5CCN(c6cccc7c(C8CCC(=O)NC8=O)nn(C)c67)CC5)CC4)CC2)(c2ccccc2)O3)c1F. The van der Waals surface area contributed by atoms with Crippen LogP contribution in [0.3, 0.4) is 0 Å². The molecular weight excluding hydrogens is 930 g/mol. The van der Waals surface area contributed by atoms with Gasteiger partial charge in [0.15, 0.2) is 17.2 Å². The van der Waals surface area contributed by atoms with Crippen LogP contribution in [0.5, 0.6) is 11.5 Å². The number of benzene rings is 4. The molecule has 1 saturated carbocycles. The van der Waals surface area contributed by atoms with Crippen molar-refractivity contribution in [1.82, 2.24) is 30.2 Å². The van der Waals surface area contributed by atoms with Gasteiger partial charge in [-0.3, -0.25) is 34.1 Å². The van der Waals surface area contributed by atoms with E-state index in [0.717, 1.165) is 112 Å². The van der Waals surface area contributed by atoms with Crippen molar-refractivity contribution < 1.29 is 37.4 Å². The highest BCUT2D eigenvalue weighted by Gasteiger charge is 2.50. The number of hydrogen-bond acceptors (Lipinski definition) is 10. The Morgan fingerprint density at radius 1 is 0.930 bits per heavy atom. The summed E-state index contributed by atoms with van der Waals surface area (Å²) in [4.78, 5) is 58.3. The molecule has 4 aromatic carbocycles. The van der Waals surface area contributed by atoms with Gasteiger partial charge < -0.3 is 30.3 Å². The third-order valence-electron chi connectivity index (χ3n) is 16.1. The largest absolute Gasteiger partial charge is 0.494 e. The van der Waals surface area contributed by atoms with Crippen LogP contribution in [-0.2, 0) is 27.0 Å². The average Bonchev–Trinajstić information content (AvgIpc) is 3.86. The van der Waals surface area contributed by atoms with Crippen molar-refractivity contribution in [2.75, 3.05) is 64.4 Å². The summed E-state index contributed by atoms with van der Waals surface area (Å²) in [6, 6.07) is 19.8. The van der Waals surface area contributed by atoms with Crippen molar-refractivity contribution in [2.24, 2.45) is 24.6 Å². The lowest BCUT2D eigenvalue weighted by Crippen LogP contribution is -2.50. The fraction of sp³-hybridized carbons (Fsp3) is 0.463. The zero-order chi connectivity index (χ0) is 49.7. The molecule has 3 unspecified atom stereocenters. The Morgan fingerprint density at radius 2 is 1.66 bits per heavy atom. The third kappa shape index (κ3) is 9.00. The second kappa shape index (κ2) is 19.8. The number of carbonyl (C=O) groups excluding carboxylic acids is 4. The summed E-state index contributed by atoms with van der Waals surface area (Å²) in [5.74, 6) is -3.30. The van der Waals surface area contributed by atoms with Crippen LogP contribution in [-0.4, -0.2) is 109 Å². The highest BCUT2D eigenvalue weighted by Crippen LogP contribution is 2.56. The van der Waals surface area contributed by atoms with E-state index in [1.807, 2.05) is 61.1 Å². The minimum Gasteiger partial charge on any atom is -0.494 e. The fourth-order valence-corrected chi connectivity index (χ4v) is 12.4. The zero-order valence-corrected chi connectivity index (χ0v) is 41.2. The number of aryl methyl sites for hydroxylation is 1. The monoisotopic (exact) mass is 990 g/mol. The van der Waals surface area contributed by atoms with Gasteiger partial charge in [-0.05, 0) is 74.6 Å². The number of halogens is 3. The molecule has 0 spiro atoms. The lowest BCUT2D eigenvalue weighted by molar-refractivity contribution is -0.138. The Kier molecular flexibility index (Phi) is 13.6. The maximum Gasteiger partial charge on any atom is 0.249 e. The first kappa shape index (κ1) is 48.5. The van der Waals surface area contributed by atoms with Gasteiger partial charge in [-0.15, -0.1) is 0 Å². The number of aromatic nitrogens is 2. The predicted octanol–water partition coefficient (Wildman–Crippen LogP) is 7.40. The highest BCUT2D eigenvalue weighted by molar-refractivity contribution is 6.34. The minimum atomic E-state index is -1.07. The van der Waals surface area contributed by atoms with Crippen molar-refractivity contribution in [3.8, 4) is 22.6 Å². The molecule has 3 atom stereocenters. The van der Waals surface area contributed by atoms with E-state index >= 15 is 8.78 Å². The number of piperazine rings is 1. The van der Waals surface area contributed by atoms with Gasteiger partial charge in [-0.25, -0.2) is 8.78 Å². The predicted molar refractivity (Wildman–Crippen MR) is 267 cm³/mol. The molecule has 17 heteroatoms. The number of fused-ring (bicyclic) bond motifs is 2. The number of hydrogen-bond donors (Lipinski definition) is 3. The Labute approximate surface area is 417 Å². The van der Waals surface area contributed by atoms with Gasteiger partial charge in [0.2, 0.25) is 23.6 Å². The van der Waals surface area contributed by atoms with Crippen molar-refractivity contribution >= 4 is 51.8 Å². The molecule has 4 fully saturated rings. The number of likely N-dealkylation sites (tertiary alicyclic amines) is 1. The number of ether oxygens (including phenoxy) is 2. The lowest BCUT2D eigenvalue weighted by atomic mass is 9.77. The summed E-state index contributed by atoms with van der Waals surface area (Å²) in [5.41, 5.74) is 8.40. The number of nitrogens with one attached hydrogen (secondary N) is 2. The van der Waals surface area contributed by atoms with E-state index in [9.17, 15) is 19.2 Å². The van der Waals surface area contributed by atoms with Crippen molar-refractivity contribution in [3.63, 3.8) is 0 Å². The summed E-state index contributed by atoms with van der Waals surface area (Å²) >= 11 is 6.71. The molecular formula is C54H61ClF2N8O6. The van der Waals surface area contributed by atoms with Gasteiger partial charge in [-0.2, -0.15) is 5.10 Å². The van der Waals surface area contributed by atoms with E-state index < -0.39 is 35.0 Å². The summed E-state index contributed by atoms with van der Waals surface area (Å²) in [7, 11) is 3.23. The van der Waals surface area contributed by atoms with Gasteiger partial charge in [-0.1, -0.05) is 61.0 Å². The van der Waals surface area contributed by atoms with Gasteiger partial charge in [0, 0.05) is 112 Å². The first-order chi connectivity index (χ1) is 34.3. The molecule has 3 saturated heterocycles. The van der Waals surface area contributed by atoms with Crippen LogP contribution < -0.4 is 30.7 Å². The van der Waals surface area contributed by atoms with Crippen LogP contribution in [0.15, 0.2) is 66.7 Å². The van der Waals surface area contributed by atoms with E-state index in [-0.39, 0.29) is 62.9 Å². The van der Waals surface area contributed by atoms with Crippen LogP contribution >= 0.6 is 11.6 Å². The van der Waals surface area contributed by atoms with Crippen molar-refractivity contribution in [3.05, 3.63) is 106 Å². The minimum absolute atomic E-state index is 0.000351.